The highest BCUT2D eigenvalue weighted by molar-refractivity contribution is 5.96. The summed E-state index contributed by atoms with van der Waals surface area (Å²) in [5.74, 6) is 1.15. The van der Waals surface area contributed by atoms with Crippen LogP contribution in [0.2, 0.25) is 0 Å². The van der Waals surface area contributed by atoms with Gasteiger partial charge in [-0.25, -0.2) is 9.67 Å². The van der Waals surface area contributed by atoms with Crippen molar-refractivity contribution in [2.45, 2.75) is 39.8 Å². The molecule has 40 heavy (non-hydrogen) atoms. The summed E-state index contributed by atoms with van der Waals surface area (Å²) < 4.78 is 13.2. The summed E-state index contributed by atoms with van der Waals surface area (Å²) in [4.78, 5) is 49.5. The second-order valence-electron chi connectivity index (χ2n) is 9.82. The Hall–Kier alpha value is -4.48. The molecule has 2 aliphatic rings. The summed E-state index contributed by atoms with van der Waals surface area (Å²) in [6, 6.07) is 7.87. The zero-order valence-corrected chi connectivity index (χ0v) is 23.2. The number of fused-ring (bicyclic) bond motifs is 13. The van der Waals surface area contributed by atoms with Crippen LogP contribution < -0.4 is 20.1 Å². The first kappa shape index (κ1) is 28.5. The largest absolute Gasteiger partial charge is 0.493 e. The minimum atomic E-state index is -0.445. The average Bonchev–Trinajstić information content (AvgIpc) is 3.32. The van der Waals surface area contributed by atoms with Crippen molar-refractivity contribution in [1.29, 1.82) is 0 Å². The first-order chi connectivity index (χ1) is 19.3. The maximum atomic E-state index is 13.3. The second-order valence-corrected chi connectivity index (χ2v) is 9.82. The molecule has 0 saturated carbocycles. The topological polar surface area (TPSA) is 141 Å². The highest BCUT2D eigenvalue weighted by atomic mass is 16.5. The van der Waals surface area contributed by atoms with Crippen molar-refractivity contribution in [3.63, 3.8) is 0 Å². The van der Waals surface area contributed by atoms with Gasteiger partial charge in [-0.05, 0) is 49.6 Å². The maximum Gasteiger partial charge on any atom is 0.255 e. The number of nitrogens with one attached hydrogen (secondary N) is 2. The highest BCUT2D eigenvalue weighted by Gasteiger charge is 2.27. The fraction of sp³-hybridized carbons (Fsp3) is 0.429. The molecule has 2 aromatic heterocycles. The molecule has 212 valence electrons. The lowest BCUT2D eigenvalue weighted by molar-refractivity contribution is -0.123. The van der Waals surface area contributed by atoms with Gasteiger partial charge in [-0.15, -0.1) is 0 Å². The van der Waals surface area contributed by atoms with Crippen LogP contribution in [0.5, 0.6) is 11.5 Å². The molecule has 0 fully saturated rings. The normalized spacial score (nSPS) is 17.1. The molecule has 2 aliphatic heterocycles. The molecule has 0 radical (unpaired) electrons. The molecular formula is C28H35N7O5. The number of pyridine rings is 1. The van der Waals surface area contributed by atoms with Crippen molar-refractivity contribution in [2.24, 2.45) is 5.92 Å². The van der Waals surface area contributed by atoms with Gasteiger partial charge in [0.2, 0.25) is 5.91 Å². The van der Waals surface area contributed by atoms with E-state index in [1.807, 2.05) is 13.8 Å². The third-order valence-corrected chi connectivity index (χ3v) is 6.47. The number of hydrogen-bond acceptors (Lipinski definition) is 8. The number of ether oxygens (including phenoxy) is 2. The molecule has 2 N–H and O–H groups in total. The standard InChI is InChI=1S/C28H35N7O5/c1-18(2)25-26-31-19(3)33-35(26)13-14-40-22-9-8-20(15-23(22)39-4)27(37)30-11-6-12-34(17-24(36)32-25)28(38)21-7-5-10-29-16-21/h5,7-10,15-16,18,25H,6,11-14,17H2,1-4H3,(H,30,37)(H,32,36)/t25-/m0/s1. The first-order valence-corrected chi connectivity index (χ1v) is 13.3. The fourth-order valence-electron chi connectivity index (χ4n) is 4.46. The van der Waals surface area contributed by atoms with Crippen LogP contribution in [-0.4, -0.2) is 75.7 Å². The maximum absolute atomic E-state index is 13.3. The van der Waals surface area contributed by atoms with Crippen molar-refractivity contribution in [1.82, 2.24) is 35.3 Å². The molecule has 3 aromatic rings. The van der Waals surface area contributed by atoms with Crippen LogP contribution in [0.1, 0.15) is 58.7 Å². The van der Waals surface area contributed by atoms with Crippen molar-refractivity contribution in [3.05, 3.63) is 65.5 Å². The van der Waals surface area contributed by atoms with Gasteiger partial charge in [0.25, 0.3) is 11.8 Å². The quantitative estimate of drug-likeness (QED) is 0.507. The molecule has 1 atom stereocenters. The predicted octanol–water partition coefficient (Wildman–Crippen LogP) is 2.16. The lowest BCUT2D eigenvalue weighted by Gasteiger charge is -2.26. The molecule has 12 heteroatoms. The number of hydrogen-bond donors (Lipinski definition) is 2. The Morgan fingerprint density at radius 1 is 1.20 bits per heavy atom. The summed E-state index contributed by atoms with van der Waals surface area (Å²) in [6.45, 7) is 6.77. The first-order valence-electron chi connectivity index (χ1n) is 13.3. The van der Waals surface area contributed by atoms with Gasteiger partial charge in [0.1, 0.15) is 18.3 Å². The van der Waals surface area contributed by atoms with Gasteiger partial charge in [0.15, 0.2) is 11.5 Å². The summed E-state index contributed by atoms with van der Waals surface area (Å²) in [7, 11) is 1.52. The van der Waals surface area contributed by atoms with Crippen molar-refractivity contribution in [2.75, 3.05) is 33.4 Å². The van der Waals surface area contributed by atoms with Gasteiger partial charge < -0.3 is 25.0 Å². The SMILES string of the molecule is COc1cc2ccc1OCCn1nc(C)nc1[C@H](C(C)C)NC(=O)CN(C(=O)c1cccnc1)CCCNC2=O. The molecule has 4 heterocycles. The number of aromatic nitrogens is 4. The highest BCUT2D eigenvalue weighted by Crippen LogP contribution is 2.28. The van der Waals surface area contributed by atoms with E-state index in [1.54, 1.807) is 48.1 Å². The average molecular weight is 550 g/mol. The van der Waals surface area contributed by atoms with E-state index in [4.69, 9.17) is 9.47 Å². The van der Waals surface area contributed by atoms with Gasteiger partial charge in [-0.1, -0.05) is 13.8 Å². The van der Waals surface area contributed by atoms with Crippen LogP contribution in [0.3, 0.4) is 0 Å². The van der Waals surface area contributed by atoms with Gasteiger partial charge in [0.05, 0.1) is 31.8 Å². The minimum absolute atomic E-state index is 0.00773. The zero-order valence-electron chi connectivity index (χ0n) is 23.2. The number of rotatable bonds is 3. The third kappa shape index (κ3) is 6.93. The number of aryl methyl sites for hydroxylation is 1. The minimum Gasteiger partial charge on any atom is -0.493 e. The molecule has 0 unspecified atom stereocenters. The van der Waals surface area contributed by atoms with E-state index < -0.39 is 6.04 Å². The summed E-state index contributed by atoms with van der Waals surface area (Å²) in [5, 5.41) is 10.4. The second kappa shape index (κ2) is 13.0. The number of carbonyl (C=O) groups is 3. The van der Waals surface area contributed by atoms with Crippen molar-refractivity contribution in [3.8, 4) is 11.5 Å². The van der Waals surface area contributed by atoms with Crippen LogP contribution in [0.4, 0.5) is 0 Å². The number of amides is 3. The molecule has 0 aliphatic carbocycles. The van der Waals surface area contributed by atoms with Crippen LogP contribution in [0.15, 0.2) is 42.7 Å². The molecule has 3 amide bonds. The Bertz CT molecular complexity index is 1340. The number of carbonyl (C=O) groups excluding carboxylic acids is 3. The molecule has 5 rings (SSSR count). The Balaban J connectivity index is 1.65. The smallest absolute Gasteiger partial charge is 0.255 e. The van der Waals surface area contributed by atoms with E-state index in [1.165, 1.54) is 18.2 Å². The van der Waals surface area contributed by atoms with Gasteiger partial charge in [-0.3, -0.25) is 19.4 Å². The van der Waals surface area contributed by atoms with E-state index in [0.717, 1.165) is 0 Å². The fourth-order valence-corrected chi connectivity index (χ4v) is 4.46. The van der Waals surface area contributed by atoms with E-state index in [-0.39, 0.29) is 43.3 Å². The van der Waals surface area contributed by atoms with Crippen LogP contribution in [0.25, 0.3) is 0 Å². The monoisotopic (exact) mass is 549 g/mol. The van der Waals surface area contributed by atoms with E-state index in [0.29, 0.717) is 53.8 Å². The third-order valence-electron chi connectivity index (χ3n) is 6.47. The van der Waals surface area contributed by atoms with Crippen LogP contribution in [0, 0.1) is 12.8 Å². The van der Waals surface area contributed by atoms with Gasteiger partial charge in [-0.2, -0.15) is 5.10 Å². The Kier molecular flexibility index (Phi) is 9.31. The number of methoxy groups -OCH3 is 1. The Labute approximate surface area is 233 Å². The lowest BCUT2D eigenvalue weighted by atomic mass is 10.0. The van der Waals surface area contributed by atoms with Crippen LogP contribution in [-0.2, 0) is 11.3 Å². The predicted molar refractivity (Wildman–Crippen MR) is 146 cm³/mol. The van der Waals surface area contributed by atoms with Crippen molar-refractivity contribution < 1.29 is 23.9 Å². The lowest BCUT2D eigenvalue weighted by Crippen LogP contribution is -2.44. The number of benzene rings is 1. The molecule has 2 bridgehead atoms. The molecule has 1 aromatic carbocycles. The van der Waals surface area contributed by atoms with E-state index >= 15 is 0 Å². The summed E-state index contributed by atoms with van der Waals surface area (Å²) in [5.41, 5.74) is 0.791. The van der Waals surface area contributed by atoms with Gasteiger partial charge in [0, 0.05) is 31.0 Å². The van der Waals surface area contributed by atoms with Gasteiger partial charge >= 0.3 is 0 Å². The summed E-state index contributed by atoms with van der Waals surface area (Å²) in [6.07, 6.45) is 3.49. The molecular weight excluding hydrogens is 514 g/mol. The Morgan fingerprint density at radius 3 is 2.75 bits per heavy atom. The summed E-state index contributed by atoms with van der Waals surface area (Å²) >= 11 is 0. The van der Waals surface area contributed by atoms with E-state index in [2.05, 4.69) is 25.7 Å². The zero-order chi connectivity index (χ0) is 28.6. The van der Waals surface area contributed by atoms with Crippen LogP contribution >= 0.6 is 0 Å². The van der Waals surface area contributed by atoms with E-state index in [9.17, 15) is 14.4 Å². The molecule has 0 spiro atoms. The Morgan fingerprint density at radius 2 is 2.02 bits per heavy atom. The van der Waals surface area contributed by atoms with Crippen molar-refractivity contribution >= 4 is 17.7 Å². The number of nitrogens with zero attached hydrogens (tertiary/aromatic N) is 5. The molecule has 12 nitrogen and oxygen atoms in total. The molecule has 0 saturated heterocycles.